The lowest BCUT2D eigenvalue weighted by Gasteiger charge is -2.09. The molecule has 18 heavy (non-hydrogen) atoms. The number of hydrogen-bond donors (Lipinski definition) is 2. The van der Waals surface area contributed by atoms with Crippen molar-refractivity contribution in [3.05, 3.63) is 40.0 Å². The Hall–Kier alpha value is -1.11. The molecule has 1 aromatic heterocycles. The average molecular weight is 323 g/mol. The molecule has 1 aliphatic heterocycles. The van der Waals surface area contributed by atoms with Crippen molar-refractivity contribution in [1.82, 2.24) is 9.97 Å². The molecule has 4 nitrogen and oxygen atoms in total. The molecule has 0 radical (unpaired) electrons. The number of nitrogens with one attached hydrogen (secondary N) is 1. The van der Waals surface area contributed by atoms with Gasteiger partial charge in [-0.15, -0.1) is 0 Å². The zero-order chi connectivity index (χ0) is 12.5. The standard InChI is InChI=1S/C12H11BrN4S/c13-8-3-1-2-7(4-8)11-15-10-6-18-5-9(10)12(16-11)17-14/h1-4H,5-6,14H2,(H,15,16,17). The normalized spacial score (nSPS) is 13.4. The number of nitrogen functional groups attached to an aromatic ring is 1. The molecule has 0 saturated carbocycles. The maximum absolute atomic E-state index is 5.54. The van der Waals surface area contributed by atoms with Crippen molar-refractivity contribution < 1.29 is 0 Å². The molecule has 2 aromatic rings. The molecule has 0 unspecified atom stereocenters. The smallest absolute Gasteiger partial charge is 0.161 e. The fourth-order valence-electron chi connectivity index (χ4n) is 1.93. The number of anilines is 1. The molecule has 1 aromatic carbocycles. The summed E-state index contributed by atoms with van der Waals surface area (Å²) in [7, 11) is 0. The van der Waals surface area contributed by atoms with Gasteiger partial charge >= 0.3 is 0 Å². The second-order valence-electron chi connectivity index (χ2n) is 3.97. The van der Waals surface area contributed by atoms with Gasteiger partial charge in [-0.05, 0) is 12.1 Å². The monoisotopic (exact) mass is 322 g/mol. The fraction of sp³-hybridized carbons (Fsp3) is 0.167. The van der Waals surface area contributed by atoms with E-state index < -0.39 is 0 Å². The van der Waals surface area contributed by atoms with Crippen LogP contribution in [0.1, 0.15) is 11.3 Å². The second kappa shape index (κ2) is 4.87. The first-order valence-corrected chi connectivity index (χ1v) is 7.43. The van der Waals surface area contributed by atoms with Crippen LogP contribution in [0.2, 0.25) is 0 Å². The average Bonchev–Trinajstić information content (AvgIpc) is 2.85. The number of rotatable bonds is 2. The Morgan fingerprint density at radius 3 is 2.94 bits per heavy atom. The van der Waals surface area contributed by atoms with E-state index in [4.69, 9.17) is 5.84 Å². The number of benzene rings is 1. The van der Waals surface area contributed by atoms with E-state index in [2.05, 4.69) is 31.3 Å². The van der Waals surface area contributed by atoms with E-state index in [1.165, 1.54) is 0 Å². The highest BCUT2D eigenvalue weighted by Crippen LogP contribution is 2.34. The number of halogens is 1. The van der Waals surface area contributed by atoms with Crippen LogP contribution in [0.15, 0.2) is 28.7 Å². The first-order chi connectivity index (χ1) is 8.78. The first-order valence-electron chi connectivity index (χ1n) is 5.48. The van der Waals surface area contributed by atoms with Crippen LogP contribution in [0.3, 0.4) is 0 Å². The summed E-state index contributed by atoms with van der Waals surface area (Å²) >= 11 is 5.29. The van der Waals surface area contributed by atoms with Gasteiger partial charge in [-0.25, -0.2) is 15.8 Å². The summed E-state index contributed by atoms with van der Waals surface area (Å²) in [6.45, 7) is 0. The molecule has 3 rings (SSSR count). The summed E-state index contributed by atoms with van der Waals surface area (Å²) < 4.78 is 1.01. The van der Waals surface area contributed by atoms with Crippen LogP contribution in [-0.2, 0) is 11.5 Å². The number of aromatic nitrogens is 2. The van der Waals surface area contributed by atoms with Crippen molar-refractivity contribution >= 4 is 33.5 Å². The summed E-state index contributed by atoms with van der Waals surface area (Å²) in [5.74, 6) is 8.84. The fourth-order valence-corrected chi connectivity index (χ4v) is 3.37. The molecule has 0 saturated heterocycles. The molecule has 92 valence electrons. The minimum absolute atomic E-state index is 0.713. The number of hydrazine groups is 1. The summed E-state index contributed by atoms with van der Waals surface area (Å²) in [5, 5.41) is 0. The third kappa shape index (κ3) is 2.11. The Morgan fingerprint density at radius 2 is 2.17 bits per heavy atom. The number of nitrogens with zero attached hydrogens (tertiary/aromatic N) is 2. The third-order valence-corrected chi connectivity index (χ3v) is 4.26. The van der Waals surface area contributed by atoms with Crippen molar-refractivity contribution in [3.63, 3.8) is 0 Å². The molecule has 0 amide bonds. The topological polar surface area (TPSA) is 63.8 Å². The lowest BCUT2D eigenvalue weighted by molar-refractivity contribution is 1.06. The molecule has 1 aliphatic rings. The highest BCUT2D eigenvalue weighted by atomic mass is 79.9. The quantitative estimate of drug-likeness (QED) is 0.657. The van der Waals surface area contributed by atoms with Crippen LogP contribution in [0.5, 0.6) is 0 Å². The third-order valence-electron chi connectivity index (χ3n) is 2.80. The number of nitrogens with two attached hydrogens (primary N) is 1. The molecule has 0 atom stereocenters. The predicted octanol–water partition coefficient (Wildman–Crippen LogP) is 2.94. The van der Waals surface area contributed by atoms with Gasteiger partial charge in [0.05, 0.1) is 5.69 Å². The van der Waals surface area contributed by atoms with E-state index in [-0.39, 0.29) is 0 Å². The Labute approximate surface area is 118 Å². The SMILES string of the molecule is NNc1nc(-c2cccc(Br)c2)nc2c1CSC2. The Bertz CT molecular complexity index is 603. The maximum Gasteiger partial charge on any atom is 0.161 e. The van der Waals surface area contributed by atoms with Crippen LogP contribution in [-0.4, -0.2) is 9.97 Å². The molecule has 0 aliphatic carbocycles. The van der Waals surface area contributed by atoms with Crippen LogP contribution in [0, 0.1) is 0 Å². The van der Waals surface area contributed by atoms with Crippen molar-refractivity contribution in [2.24, 2.45) is 5.84 Å². The number of hydrogen-bond acceptors (Lipinski definition) is 5. The van der Waals surface area contributed by atoms with Gasteiger partial charge in [0.2, 0.25) is 0 Å². The van der Waals surface area contributed by atoms with E-state index >= 15 is 0 Å². The Morgan fingerprint density at radius 1 is 1.28 bits per heavy atom. The van der Waals surface area contributed by atoms with Crippen LogP contribution < -0.4 is 11.3 Å². The van der Waals surface area contributed by atoms with Gasteiger partial charge in [-0.2, -0.15) is 11.8 Å². The molecule has 0 bridgehead atoms. The Kier molecular flexibility index (Phi) is 3.23. The first kappa shape index (κ1) is 12.0. The molecule has 0 spiro atoms. The van der Waals surface area contributed by atoms with Gasteiger partial charge in [0, 0.05) is 27.1 Å². The van der Waals surface area contributed by atoms with E-state index in [1.54, 1.807) is 0 Å². The number of fused-ring (bicyclic) bond motifs is 1. The zero-order valence-corrected chi connectivity index (χ0v) is 11.9. The van der Waals surface area contributed by atoms with Crippen molar-refractivity contribution in [3.8, 4) is 11.4 Å². The van der Waals surface area contributed by atoms with Gasteiger partial charge in [0.1, 0.15) is 5.82 Å². The molecule has 0 fully saturated rings. The zero-order valence-electron chi connectivity index (χ0n) is 9.48. The van der Waals surface area contributed by atoms with Crippen molar-refractivity contribution in [2.75, 3.05) is 5.43 Å². The van der Waals surface area contributed by atoms with Crippen LogP contribution >= 0.6 is 27.7 Å². The van der Waals surface area contributed by atoms with Crippen LogP contribution in [0.4, 0.5) is 5.82 Å². The minimum atomic E-state index is 0.713. The molecule has 2 heterocycles. The lowest BCUT2D eigenvalue weighted by atomic mass is 10.2. The van der Waals surface area contributed by atoms with Gasteiger partial charge < -0.3 is 5.43 Å². The molecular formula is C12H11BrN4S. The highest BCUT2D eigenvalue weighted by molar-refractivity contribution is 9.10. The van der Waals surface area contributed by atoms with E-state index in [0.717, 1.165) is 38.6 Å². The highest BCUT2D eigenvalue weighted by Gasteiger charge is 2.19. The predicted molar refractivity (Wildman–Crippen MR) is 78.0 cm³/mol. The van der Waals surface area contributed by atoms with Gasteiger partial charge in [0.15, 0.2) is 5.82 Å². The Balaban J connectivity index is 2.13. The molecular weight excluding hydrogens is 312 g/mol. The summed E-state index contributed by atoms with van der Waals surface area (Å²) in [6, 6.07) is 7.95. The van der Waals surface area contributed by atoms with Gasteiger partial charge in [-0.3, -0.25) is 0 Å². The number of thioether (sulfide) groups is 1. The molecule has 6 heteroatoms. The van der Waals surface area contributed by atoms with E-state index in [1.807, 2.05) is 36.0 Å². The second-order valence-corrected chi connectivity index (χ2v) is 5.87. The maximum atomic E-state index is 5.54. The largest absolute Gasteiger partial charge is 0.308 e. The van der Waals surface area contributed by atoms with Crippen molar-refractivity contribution in [2.45, 2.75) is 11.5 Å². The van der Waals surface area contributed by atoms with E-state index in [0.29, 0.717) is 5.82 Å². The van der Waals surface area contributed by atoms with Crippen LogP contribution in [0.25, 0.3) is 11.4 Å². The van der Waals surface area contributed by atoms with Gasteiger partial charge in [0.25, 0.3) is 0 Å². The summed E-state index contributed by atoms with van der Waals surface area (Å²) in [4.78, 5) is 9.12. The lowest BCUT2D eigenvalue weighted by Crippen LogP contribution is -2.12. The van der Waals surface area contributed by atoms with Gasteiger partial charge in [-0.1, -0.05) is 28.1 Å². The summed E-state index contributed by atoms with van der Waals surface area (Å²) in [6.07, 6.45) is 0. The van der Waals surface area contributed by atoms with Crippen molar-refractivity contribution in [1.29, 1.82) is 0 Å². The minimum Gasteiger partial charge on any atom is -0.308 e. The van der Waals surface area contributed by atoms with E-state index in [9.17, 15) is 0 Å². The summed E-state index contributed by atoms with van der Waals surface area (Å²) in [5.41, 5.74) is 5.87. The molecule has 3 N–H and O–H groups in total.